The van der Waals surface area contributed by atoms with Crippen LogP contribution in [-0.2, 0) is 4.74 Å². The second kappa shape index (κ2) is 18.9. The molecule has 0 atom stereocenters. The van der Waals surface area contributed by atoms with Crippen LogP contribution in [0.3, 0.4) is 0 Å². The molecule has 7 heteroatoms. The molecule has 40 heavy (non-hydrogen) atoms. The van der Waals surface area contributed by atoms with Gasteiger partial charge in [0.25, 0.3) is 0 Å². The summed E-state index contributed by atoms with van der Waals surface area (Å²) >= 11 is 0. The van der Waals surface area contributed by atoms with Gasteiger partial charge in [-0.25, -0.2) is 0 Å². The molecule has 0 bridgehead atoms. The molecule has 0 N–H and O–H groups in total. The summed E-state index contributed by atoms with van der Waals surface area (Å²) in [7, 11) is 0. The van der Waals surface area contributed by atoms with Crippen LogP contribution >= 0.6 is 0 Å². The summed E-state index contributed by atoms with van der Waals surface area (Å²) in [5.41, 5.74) is 1.07. The van der Waals surface area contributed by atoms with Crippen LogP contribution < -0.4 is 23.7 Å². The summed E-state index contributed by atoms with van der Waals surface area (Å²) in [6.07, 6.45) is 6.30. The molecule has 0 aliphatic heterocycles. The molecule has 0 aromatic heterocycles. The molecule has 0 spiro atoms. The molecule has 0 fully saturated rings. The second-order valence-corrected chi connectivity index (χ2v) is 9.36. The van der Waals surface area contributed by atoms with Gasteiger partial charge in [0, 0.05) is 0 Å². The van der Waals surface area contributed by atoms with Gasteiger partial charge in [-0.2, -0.15) is 0 Å². The number of rotatable bonds is 21. The first-order valence-corrected chi connectivity index (χ1v) is 14.9. The van der Waals surface area contributed by atoms with Crippen LogP contribution in [0.25, 0.3) is 6.08 Å². The van der Waals surface area contributed by atoms with Crippen molar-refractivity contribution >= 4 is 11.9 Å². The Hall–Kier alpha value is -3.35. The van der Waals surface area contributed by atoms with E-state index in [0.29, 0.717) is 68.4 Å². The predicted molar refractivity (Wildman–Crippen MR) is 160 cm³/mol. The van der Waals surface area contributed by atoms with Gasteiger partial charge in [0.05, 0.1) is 39.6 Å². The summed E-state index contributed by atoms with van der Waals surface area (Å²) in [6, 6.07) is 9.64. The Bertz CT molecular complexity index is 1010. The van der Waals surface area contributed by atoms with Gasteiger partial charge >= 0.3 is 0 Å². The lowest BCUT2D eigenvalue weighted by Crippen LogP contribution is -2.17. The lowest BCUT2D eigenvalue weighted by atomic mass is 10.0. The zero-order valence-corrected chi connectivity index (χ0v) is 25.3. The zero-order valence-electron chi connectivity index (χ0n) is 25.3. The van der Waals surface area contributed by atoms with Crippen LogP contribution in [0, 0.1) is 0 Å². The first-order chi connectivity index (χ1) is 19.6. The van der Waals surface area contributed by atoms with Crippen LogP contribution in [0.1, 0.15) is 96.0 Å². The number of carbonyl (C=O) groups is 1. The summed E-state index contributed by atoms with van der Waals surface area (Å²) < 4.78 is 37.4. The molecule has 0 saturated heterocycles. The van der Waals surface area contributed by atoms with E-state index in [4.69, 9.17) is 28.4 Å². The Kier molecular flexibility index (Phi) is 15.5. The fraction of sp³-hybridized carbons (Fsp3) is 0.545. The highest BCUT2D eigenvalue weighted by atomic mass is 16.6. The minimum atomic E-state index is -0.362. The third-order valence-corrected chi connectivity index (χ3v) is 5.54. The molecule has 0 heterocycles. The third kappa shape index (κ3) is 9.39. The topological polar surface area (TPSA) is 72.5 Å². The van der Waals surface area contributed by atoms with Crippen LogP contribution in [0.15, 0.2) is 36.1 Å². The van der Waals surface area contributed by atoms with Gasteiger partial charge < -0.3 is 28.4 Å². The van der Waals surface area contributed by atoms with Crippen LogP contribution in [0.5, 0.6) is 28.7 Å². The van der Waals surface area contributed by atoms with Crippen molar-refractivity contribution in [2.45, 2.75) is 80.1 Å². The van der Waals surface area contributed by atoms with Gasteiger partial charge in [-0.15, -0.1) is 0 Å². The van der Waals surface area contributed by atoms with E-state index in [0.717, 1.165) is 44.1 Å². The summed E-state index contributed by atoms with van der Waals surface area (Å²) in [5, 5.41) is 0. The fourth-order valence-corrected chi connectivity index (χ4v) is 3.74. The third-order valence-electron chi connectivity index (χ3n) is 5.54. The number of hydrogen-bond donors (Lipinski definition) is 0. The Labute approximate surface area is 240 Å². The Morgan fingerprint density at radius 1 is 0.550 bits per heavy atom. The van der Waals surface area contributed by atoms with Gasteiger partial charge in [-0.05, 0) is 50.2 Å². The number of benzene rings is 2. The Morgan fingerprint density at radius 2 is 0.925 bits per heavy atom. The summed E-state index contributed by atoms with van der Waals surface area (Å²) in [6.45, 7) is 14.5. The molecule has 0 unspecified atom stereocenters. The van der Waals surface area contributed by atoms with Crippen LogP contribution in [-0.4, -0.2) is 45.4 Å². The van der Waals surface area contributed by atoms with Crippen molar-refractivity contribution in [3.63, 3.8) is 0 Å². The normalized spacial score (nSPS) is 11.2. The van der Waals surface area contributed by atoms with Crippen molar-refractivity contribution < 1.29 is 33.2 Å². The SMILES string of the molecule is CCCOC(=Cc1ccccc1)C(=O)c1c(OCCC)c(OCCC)c(OCCC)c(OCCC)c1OCCC. The van der Waals surface area contributed by atoms with Crippen molar-refractivity contribution in [3.05, 3.63) is 47.2 Å². The first-order valence-electron chi connectivity index (χ1n) is 14.9. The molecule has 2 rings (SSSR count). The van der Waals surface area contributed by atoms with E-state index in [1.807, 2.05) is 71.9 Å². The lowest BCUT2D eigenvalue weighted by molar-refractivity contribution is 0.0911. The van der Waals surface area contributed by atoms with E-state index < -0.39 is 0 Å². The molecule has 2 aromatic rings. The monoisotopic (exact) mass is 556 g/mol. The maximum Gasteiger partial charge on any atom is 0.235 e. The highest BCUT2D eigenvalue weighted by Crippen LogP contribution is 2.55. The van der Waals surface area contributed by atoms with Gasteiger partial charge in [-0.3, -0.25) is 4.79 Å². The molecule has 2 aromatic carbocycles. The summed E-state index contributed by atoms with van der Waals surface area (Å²) in [4.78, 5) is 14.5. The van der Waals surface area contributed by atoms with Crippen molar-refractivity contribution in [2.24, 2.45) is 0 Å². The number of carbonyl (C=O) groups excluding carboxylic acids is 1. The van der Waals surface area contributed by atoms with Crippen molar-refractivity contribution in [3.8, 4) is 28.7 Å². The molecule has 0 radical (unpaired) electrons. The van der Waals surface area contributed by atoms with Crippen LogP contribution in [0.2, 0.25) is 0 Å². The van der Waals surface area contributed by atoms with Gasteiger partial charge in [-0.1, -0.05) is 71.9 Å². The van der Waals surface area contributed by atoms with E-state index in [2.05, 4.69) is 0 Å². The molecule has 0 aliphatic rings. The average molecular weight is 557 g/mol. The van der Waals surface area contributed by atoms with Crippen LogP contribution in [0.4, 0.5) is 0 Å². The quantitative estimate of drug-likeness (QED) is 0.0870. The fourth-order valence-electron chi connectivity index (χ4n) is 3.74. The lowest BCUT2D eigenvalue weighted by Gasteiger charge is -2.25. The number of allylic oxidation sites excluding steroid dienone is 1. The molecule has 7 nitrogen and oxygen atoms in total. The van der Waals surface area contributed by atoms with Gasteiger partial charge in [0.2, 0.25) is 23.0 Å². The smallest absolute Gasteiger partial charge is 0.235 e. The standard InChI is InChI=1S/C33H48O7/c1-7-18-35-26(24-25-16-14-13-15-17-25)28(34)27-29(36-19-8-2)31(38-21-10-4)33(40-23-12-6)32(39-22-11-5)30(27)37-20-9-3/h13-17,24H,7-12,18-23H2,1-6H3. The molecule has 0 saturated carbocycles. The van der Waals surface area contributed by atoms with Crippen molar-refractivity contribution in [2.75, 3.05) is 39.6 Å². The van der Waals surface area contributed by atoms with Crippen molar-refractivity contribution in [1.29, 1.82) is 0 Å². The number of Topliss-reactive ketones (excluding diaryl/α,β-unsaturated/α-hetero) is 1. The molecule has 0 amide bonds. The van der Waals surface area contributed by atoms with Crippen molar-refractivity contribution in [1.82, 2.24) is 0 Å². The van der Waals surface area contributed by atoms with Gasteiger partial charge in [0.15, 0.2) is 17.3 Å². The maximum absolute atomic E-state index is 14.5. The Balaban J connectivity index is 2.96. The second-order valence-electron chi connectivity index (χ2n) is 9.36. The van der Waals surface area contributed by atoms with E-state index in [9.17, 15) is 4.79 Å². The highest BCUT2D eigenvalue weighted by Gasteiger charge is 2.35. The van der Waals surface area contributed by atoms with Gasteiger partial charge in [0.1, 0.15) is 5.56 Å². The van der Waals surface area contributed by atoms with E-state index in [1.54, 1.807) is 6.08 Å². The number of ketones is 1. The average Bonchev–Trinajstić information content (AvgIpc) is 2.98. The summed E-state index contributed by atoms with van der Waals surface area (Å²) in [5.74, 6) is 1.54. The zero-order chi connectivity index (χ0) is 29.2. The highest BCUT2D eigenvalue weighted by molar-refractivity contribution is 6.14. The molecular formula is C33H48O7. The van der Waals surface area contributed by atoms with E-state index in [-0.39, 0.29) is 17.1 Å². The minimum Gasteiger partial charge on any atom is -0.489 e. The number of ether oxygens (including phenoxy) is 6. The molecular weight excluding hydrogens is 508 g/mol. The maximum atomic E-state index is 14.5. The first kappa shape index (κ1) is 32.9. The molecule has 222 valence electrons. The van der Waals surface area contributed by atoms with E-state index in [1.165, 1.54) is 0 Å². The Morgan fingerprint density at radius 3 is 1.32 bits per heavy atom. The molecule has 0 aliphatic carbocycles. The predicted octanol–water partition coefficient (Wildman–Crippen LogP) is 8.28. The minimum absolute atomic E-state index is 0.195. The van der Waals surface area contributed by atoms with E-state index >= 15 is 0 Å². The number of hydrogen-bond acceptors (Lipinski definition) is 7. The largest absolute Gasteiger partial charge is 0.489 e.